The number of aromatic nitrogens is 6. The summed E-state index contributed by atoms with van der Waals surface area (Å²) in [7, 11) is 0. The molecule has 0 saturated heterocycles. The van der Waals surface area contributed by atoms with Crippen molar-refractivity contribution < 1.29 is 0 Å². The average Bonchev–Trinajstić information content (AvgIpc) is 0.763. The van der Waals surface area contributed by atoms with Gasteiger partial charge in [0.05, 0.1) is 34.2 Å². The van der Waals surface area contributed by atoms with Gasteiger partial charge in [-0.05, 0) is 301 Å². The lowest BCUT2D eigenvalue weighted by atomic mass is 9.84. The molecule has 0 saturated carbocycles. The Balaban J connectivity index is 0.646. The van der Waals surface area contributed by atoms with E-state index in [1.54, 1.807) is 0 Å². The molecule has 16 aromatic carbocycles. The molecule has 0 spiro atoms. The Hall–Kier alpha value is -18.0. The Labute approximate surface area is 781 Å². The van der Waals surface area contributed by atoms with Gasteiger partial charge in [0.2, 0.25) is 0 Å². The first-order valence-corrected chi connectivity index (χ1v) is 45.2. The lowest BCUT2D eigenvalue weighted by molar-refractivity contribution is 1.33. The average molecular weight is 1710 g/mol. The Bertz CT molecular complexity index is 7330. The summed E-state index contributed by atoms with van der Waals surface area (Å²) in [5.74, 6) is 7.41. The van der Waals surface area contributed by atoms with Crippen LogP contribution in [0, 0.1) is 11.8 Å². The number of hydrogen-bond acceptors (Lipinski definition) is 6. The second kappa shape index (κ2) is 37.4. The van der Waals surface area contributed by atoms with E-state index in [4.69, 9.17) is 9.97 Å². The van der Waals surface area contributed by atoms with Gasteiger partial charge in [0.15, 0.2) is 0 Å². The fraction of sp³-hybridized carbons (Fsp3) is 0. The van der Waals surface area contributed by atoms with Crippen molar-refractivity contribution in [3.8, 4) is 235 Å². The van der Waals surface area contributed by atoms with E-state index in [1.807, 2.05) is 97.8 Å². The van der Waals surface area contributed by atoms with Gasteiger partial charge in [0, 0.05) is 81.7 Å². The molecule has 134 heavy (non-hydrogen) atoms. The van der Waals surface area contributed by atoms with Crippen LogP contribution in [0.5, 0.6) is 0 Å². The molecular formula is C128H84N6. The Morgan fingerprint density at radius 2 is 0.291 bits per heavy atom. The third-order valence-corrected chi connectivity index (χ3v) is 25.2. The van der Waals surface area contributed by atoms with Crippen LogP contribution in [0.25, 0.3) is 223 Å². The molecule has 0 aliphatic heterocycles. The summed E-state index contributed by atoms with van der Waals surface area (Å²) in [6, 6.07) is 170. The quantitative estimate of drug-likeness (QED) is 0.0708. The van der Waals surface area contributed by atoms with Gasteiger partial charge in [0.25, 0.3) is 0 Å². The van der Waals surface area contributed by atoms with Crippen LogP contribution in [0.1, 0.15) is 11.1 Å². The zero-order chi connectivity index (χ0) is 89.3. The third-order valence-electron chi connectivity index (χ3n) is 25.2. The van der Waals surface area contributed by atoms with Crippen LogP contribution in [0.3, 0.4) is 0 Å². The first kappa shape index (κ1) is 81.7. The minimum atomic E-state index is 0.874. The smallest absolute Gasteiger partial charge is 0.0702 e. The number of nitrogens with zero attached hydrogens (tertiary/aromatic N) is 6. The molecule has 22 rings (SSSR count). The minimum absolute atomic E-state index is 0.874. The summed E-state index contributed by atoms with van der Waals surface area (Å²) < 4.78 is 0. The van der Waals surface area contributed by atoms with Crippen molar-refractivity contribution in [1.29, 1.82) is 0 Å². The van der Waals surface area contributed by atoms with E-state index in [0.717, 1.165) is 234 Å². The number of hydrogen-bond donors (Lipinski definition) is 0. The predicted octanol–water partition coefficient (Wildman–Crippen LogP) is 32.8. The molecule has 6 heteroatoms. The largest absolute Gasteiger partial charge is 0.256 e. The lowest BCUT2D eigenvalue weighted by Gasteiger charge is -2.19. The molecule has 0 unspecified atom stereocenters. The summed E-state index contributed by atoms with van der Waals surface area (Å²) in [4.78, 5) is 28.6. The fourth-order valence-electron chi connectivity index (χ4n) is 18.6. The molecule has 0 amide bonds. The highest BCUT2D eigenvalue weighted by atomic mass is 14.7. The van der Waals surface area contributed by atoms with Gasteiger partial charge in [-0.1, -0.05) is 339 Å². The van der Waals surface area contributed by atoms with E-state index in [0.29, 0.717) is 0 Å². The van der Waals surface area contributed by atoms with Crippen LogP contribution >= 0.6 is 0 Å². The maximum absolute atomic E-state index is 4.93. The van der Waals surface area contributed by atoms with E-state index in [1.165, 1.54) is 0 Å². The maximum atomic E-state index is 4.93. The Morgan fingerprint density at radius 1 is 0.104 bits per heavy atom. The van der Waals surface area contributed by atoms with Crippen LogP contribution in [-0.2, 0) is 0 Å². The van der Waals surface area contributed by atoms with Crippen LogP contribution in [-0.4, -0.2) is 29.9 Å². The highest BCUT2D eigenvalue weighted by Gasteiger charge is 2.24. The van der Waals surface area contributed by atoms with Crippen molar-refractivity contribution in [3.05, 3.63) is 521 Å². The fourth-order valence-corrected chi connectivity index (χ4v) is 18.6. The Morgan fingerprint density at radius 3 is 0.522 bits per heavy atom. The van der Waals surface area contributed by atoms with Crippen LogP contribution < -0.4 is 0 Å². The highest BCUT2D eigenvalue weighted by molar-refractivity contribution is 6.01. The van der Waals surface area contributed by atoms with Gasteiger partial charge in [-0.2, -0.15) is 0 Å². The topological polar surface area (TPSA) is 77.3 Å². The van der Waals surface area contributed by atoms with Gasteiger partial charge < -0.3 is 0 Å². The van der Waals surface area contributed by atoms with Crippen molar-refractivity contribution >= 4 is 0 Å². The van der Waals surface area contributed by atoms with E-state index in [2.05, 4.69) is 444 Å². The molecule has 6 aromatic heterocycles. The molecule has 0 aliphatic carbocycles. The molecule has 22 aromatic rings. The van der Waals surface area contributed by atoms with E-state index in [9.17, 15) is 0 Å². The summed E-state index contributed by atoms with van der Waals surface area (Å²) in [5.41, 5.74) is 44.1. The van der Waals surface area contributed by atoms with Crippen molar-refractivity contribution in [2.45, 2.75) is 0 Å². The molecule has 0 radical (unpaired) electrons. The molecule has 626 valence electrons. The predicted molar refractivity (Wildman–Crippen MR) is 554 cm³/mol. The van der Waals surface area contributed by atoms with Gasteiger partial charge in [-0.3, -0.25) is 29.9 Å². The highest BCUT2D eigenvalue weighted by Crippen LogP contribution is 2.49. The summed E-state index contributed by atoms with van der Waals surface area (Å²) >= 11 is 0. The second-order valence-corrected chi connectivity index (χ2v) is 33.4. The van der Waals surface area contributed by atoms with Crippen LogP contribution in [0.4, 0.5) is 0 Å². The van der Waals surface area contributed by atoms with Crippen LogP contribution in [0.2, 0.25) is 0 Å². The SMILES string of the molecule is C(#Cc1cccc(-c2cc(-c3ccccn3)ccc2-c2ccccc2-c2cc(-c3ccccc3-c3ccc(-c4ccccn4)cc3)cc(-c3ccccc3-c3ccc(-c4ccccn4)cc3)c2)c1)c1cccc(-c2cc(-c3ccccn3)ccc2-c2ccccc2-c2cc(-c3ccccc3-c3ccc(-c4ccccn4)cc3)cc(-c3ccccc3-c3ccc(-c4ccccn4)cc3)c2)c1. The normalized spacial score (nSPS) is 11.1. The number of benzene rings is 16. The van der Waals surface area contributed by atoms with Crippen molar-refractivity contribution in [2.75, 3.05) is 0 Å². The molecule has 0 fully saturated rings. The lowest BCUT2D eigenvalue weighted by Crippen LogP contribution is -1.94. The first-order valence-electron chi connectivity index (χ1n) is 45.2. The van der Waals surface area contributed by atoms with Gasteiger partial charge in [-0.15, -0.1) is 0 Å². The summed E-state index contributed by atoms with van der Waals surface area (Å²) in [6.07, 6.45) is 11.1. The number of pyridine rings is 6. The molecular weight excluding hydrogens is 1620 g/mol. The standard InChI is InChI=1S/C128H84N6/c1-5-35-111(107(31-1)89-51-59-93(60-52-89)123-43-13-19-71-129-123)101-79-102(112-36-6-2-32-108(112)90-53-61-94(62-54-90)124-44-14-20-72-130-124)82-105(81-101)115-39-9-11-41-117(115)119-69-67-99(127-47-17-23-75-133-127)85-121(119)97-29-25-27-87(77-97)49-50-88-28-26-30-98(78-88)122-86-100(128-48-18-24-76-134-128)68-70-120(122)118-42-12-10-40-116(118)106-83-103(113-37-7-3-33-109(113)91-55-63-95(64-56-91)125-45-15-21-73-131-125)80-104(84-106)114-38-8-4-34-110(114)92-57-65-96(66-58-92)126-46-16-22-74-132-126/h1-48,51-86H. The summed E-state index contributed by atoms with van der Waals surface area (Å²) in [6.45, 7) is 0. The molecule has 6 heterocycles. The molecule has 0 atom stereocenters. The monoisotopic (exact) mass is 1700 g/mol. The number of rotatable bonds is 20. The van der Waals surface area contributed by atoms with E-state index >= 15 is 0 Å². The van der Waals surface area contributed by atoms with Gasteiger partial charge >= 0.3 is 0 Å². The summed E-state index contributed by atoms with van der Waals surface area (Å²) in [5, 5.41) is 0. The third kappa shape index (κ3) is 17.2. The van der Waals surface area contributed by atoms with E-state index < -0.39 is 0 Å². The van der Waals surface area contributed by atoms with E-state index in [-0.39, 0.29) is 0 Å². The zero-order valence-electron chi connectivity index (χ0n) is 73.2. The van der Waals surface area contributed by atoms with Crippen LogP contribution in [0.15, 0.2) is 510 Å². The Kier molecular flexibility index (Phi) is 22.8. The molecule has 6 nitrogen and oxygen atoms in total. The molecule has 0 N–H and O–H groups in total. The van der Waals surface area contributed by atoms with Crippen molar-refractivity contribution in [1.82, 2.24) is 29.9 Å². The van der Waals surface area contributed by atoms with Crippen molar-refractivity contribution in [2.24, 2.45) is 0 Å². The molecule has 0 bridgehead atoms. The molecule has 0 aliphatic rings. The zero-order valence-corrected chi connectivity index (χ0v) is 73.2. The first-order chi connectivity index (χ1) is 66.4. The van der Waals surface area contributed by atoms with Gasteiger partial charge in [-0.25, -0.2) is 0 Å². The maximum Gasteiger partial charge on any atom is 0.0702 e. The minimum Gasteiger partial charge on any atom is -0.256 e. The van der Waals surface area contributed by atoms with Gasteiger partial charge in [0.1, 0.15) is 0 Å². The van der Waals surface area contributed by atoms with Crippen molar-refractivity contribution in [3.63, 3.8) is 0 Å². The second-order valence-electron chi connectivity index (χ2n) is 33.4.